The van der Waals surface area contributed by atoms with Gasteiger partial charge in [0.2, 0.25) is 0 Å². The molecule has 3 saturated heterocycles. The molecular weight excluding hydrogens is 933 g/mol. The van der Waals surface area contributed by atoms with Crippen LogP contribution in [-0.4, -0.2) is 89.1 Å². The summed E-state index contributed by atoms with van der Waals surface area (Å²) in [6, 6.07) is 3.08. The second kappa shape index (κ2) is 21.2. The minimum atomic E-state index is -2.11. The molecule has 0 bridgehead atoms. The molecule has 4 saturated carbocycles. The van der Waals surface area contributed by atoms with Gasteiger partial charge in [0.25, 0.3) is 0 Å². The van der Waals surface area contributed by atoms with E-state index in [4.69, 9.17) is 37.6 Å². The van der Waals surface area contributed by atoms with Crippen molar-refractivity contribution >= 4 is 20.4 Å². The fourth-order valence-corrected chi connectivity index (χ4v) is 21.0. The molecule has 10 nitrogen and oxygen atoms in total. The molecule has 0 N–H and O–H groups in total. The topological polar surface area (TPSA) is 108 Å². The summed E-state index contributed by atoms with van der Waals surface area (Å²) in [6.07, 6.45) is 9.05. The molecule has 0 aromatic carbocycles. The Hall–Kier alpha value is -1.02. The van der Waals surface area contributed by atoms with Crippen LogP contribution >= 0.6 is 0 Å². The summed E-state index contributed by atoms with van der Waals surface area (Å²) in [5, 5.41) is 0. The van der Waals surface area contributed by atoms with E-state index in [9.17, 15) is 9.59 Å². The van der Waals surface area contributed by atoms with Crippen molar-refractivity contribution in [1.29, 1.82) is 0 Å². The first kappa shape index (κ1) is 58.1. The first-order valence-corrected chi connectivity index (χ1v) is 32.4. The number of hydrogen-bond acceptors (Lipinski definition) is 10. The van der Waals surface area contributed by atoms with Crippen molar-refractivity contribution in [2.24, 2.45) is 85.8 Å². The quantitative estimate of drug-likeness (QED) is 0.0681. The lowest BCUT2D eigenvalue weighted by Gasteiger charge is -2.72. The second-order valence-corrected chi connectivity index (χ2v) is 32.6. The first-order chi connectivity index (χ1) is 34.2. The van der Waals surface area contributed by atoms with Gasteiger partial charge in [0.1, 0.15) is 18.2 Å². The van der Waals surface area contributed by atoms with Gasteiger partial charge in [-0.3, -0.25) is 4.79 Å². The van der Waals surface area contributed by atoms with E-state index in [1.165, 1.54) is 11.9 Å². The van der Waals surface area contributed by atoms with Crippen LogP contribution in [0.15, 0.2) is 11.6 Å². The summed E-state index contributed by atoms with van der Waals surface area (Å²) < 4.78 is 56.9. The predicted molar refractivity (Wildman–Crippen MR) is 290 cm³/mol. The number of fused-ring (bicyclic) bond motifs is 7. The van der Waals surface area contributed by atoms with Crippen molar-refractivity contribution in [3.63, 3.8) is 0 Å². The third-order valence-electron chi connectivity index (χ3n) is 24.3. The molecule has 0 amide bonds. The fraction of sp³-hybridized carbons (Fsp3) is 0.919. The highest BCUT2D eigenvalue weighted by atomic mass is 28.4. The predicted octanol–water partition coefficient (Wildman–Crippen LogP) is 13.9. The molecule has 24 atom stereocenters. The highest BCUT2D eigenvalue weighted by Crippen LogP contribution is 2.76. The average Bonchev–Trinajstić information content (AvgIpc) is 3.35. The Labute approximate surface area is 445 Å². The Morgan fingerprint density at radius 3 is 2.00 bits per heavy atom. The van der Waals surface area contributed by atoms with E-state index in [-0.39, 0.29) is 81.6 Å². The molecule has 0 spiro atoms. The summed E-state index contributed by atoms with van der Waals surface area (Å²) in [5.74, 6) is 2.14. The highest BCUT2D eigenvalue weighted by Gasteiger charge is 2.72. The van der Waals surface area contributed by atoms with Crippen LogP contribution in [0.25, 0.3) is 0 Å². The maximum Gasteiger partial charge on any atom is 0.192 e. The minimum absolute atomic E-state index is 0.00238. The molecule has 3 aliphatic heterocycles. The molecule has 1 radical (unpaired) electrons. The number of rotatable bonds is 15. The molecule has 8 rings (SSSR count). The van der Waals surface area contributed by atoms with Gasteiger partial charge in [-0.2, -0.15) is 0 Å². The van der Waals surface area contributed by atoms with Crippen LogP contribution in [0.5, 0.6) is 0 Å². The van der Waals surface area contributed by atoms with E-state index in [1.807, 2.05) is 20.6 Å². The van der Waals surface area contributed by atoms with Crippen LogP contribution in [0.4, 0.5) is 0 Å². The Kier molecular flexibility index (Phi) is 16.9. The lowest BCUT2D eigenvalue weighted by Crippen LogP contribution is -2.68. The number of allylic oxidation sites excluding steroid dienone is 2. The minimum Gasteiger partial charge on any atom is -0.408 e. The number of carbonyl (C=O) groups excluding carboxylic acids is 2. The lowest BCUT2D eigenvalue weighted by molar-refractivity contribution is -0.365. The lowest BCUT2D eigenvalue weighted by atomic mass is 9.33. The van der Waals surface area contributed by atoms with Crippen molar-refractivity contribution in [1.82, 2.24) is 0 Å². The standard InChI is InChI=1S/C62H105O10Si/c1-20-46-39(8)40(9)52(72-73(21-2,22-3)23-4)56(68-46)71-53-51(70-54-41(10)37(6)38(7)42(11)67-54)36(5)34-66-55(53)69-49-27-28-58(15)47(59(49,16)35-63)26-29-60(17)48(58)25-24-44-45-32-57(13,14)30-31-62(45,43(12)64)50(65-19)33-61(44,60)18/h24,34-42,45-56H,20-23,25-33H2,1-19H3/t36-,37?,38-,39+,40-,41?,42-,45?,46?,47+,48?,49-,50+,51-,52?,53?,54+,55-,56-,58?,59?,60?,61?,62+/m0/s1. The first-order valence-electron chi connectivity index (χ1n) is 29.9. The van der Waals surface area contributed by atoms with E-state index in [0.29, 0.717) is 30.0 Å². The van der Waals surface area contributed by atoms with Crippen molar-refractivity contribution < 1.29 is 47.2 Å². The zero-order valence-corrected chi connectivity index (χ0v) is 50.5. The molecule has 8 aliphatic rings. The maximum atomic E-state index is 14.3. The Morgan fingerprint density at radius 2 is 1.38 bits per heavy atom. The summed E-state index contributed by atoms with van der Waals surface area (Å²) in [5.41, 5.74) is 0.0512. The molecule has 11 unspecified atom stereocenters. The van der Waals surface area contributed by atoms with Gasteiger partial charge in [0.15, 0.2) is 27.2 Å². The number of methoxy groups -OCH3 is 1. The average molecular weight is 1040 g/mol. The van der Waals surface area contributed by atoms with Crippen LogP contribution in [0.2, 0.25) is 18.1 Å². The van der Waals surface area contributed by atoms with Gasteiger partial charge < -0.3 is 42.4 Å². The van der Waals surface area contributed by atoms with Gasteiger partial charge in [-0.25, -0.2) is 0 Å². The molecule has 73 heavy (non-hydrogen) atoms. The highest BCUT2D eigenvalue weighted by molar-refractivity contribution is 6.73. The number of aldehydes is 1. The fourth-order valence-electron chi connectivity index (χ4n) is 18.1. The van der Waals surface area contributed by atoms with Gasteiger partial charge in [-0.05, 0) is 159 Å². The van der Waals surface area contributed by atoms with Crippen LogP contribution in [0, 0.1) is 92.4 Å². The van der Waals surface area contributed by atoms with Crippen molar-refractivity contribution in [3.05, 3.63) is 18.3 Å². The second-order valence-electron chi connectivity index (χ2n) is 27.9. The molecule has 0 aromatic rings. The van der Waals surface area contributed by atoms with Crippen LogP contribution in [0.1, 0.15) is 189 Å². The maximum absolute atomic E-state index is 14.3. The van der Waals surface area contributed by atoms with Crippen molar-refractivity contribution in [3.8, 4) is 0 Å². The smallest absolute Gasteiger partial charge is 0.192 e. The number of ether oxygens (including phenoxy) is 7. The summed E-state index contributed by atoms with van der Waals surface area (Å²) in [7, 11) is -0.267. The van der Waals surface area contributed by atoms with Gasteiger partial charge in [-0.1, -0.05) is 122 Å². The van der Waals surface area contributed by atoms with Crippen LogP contribution in [0.3, 0.4) is 0 Å². The Morgan fingerprint density at radius 1 is 0.712 bits per heavy atom. The van der Waals surface area contributed by atoms with Gasteiger partial charge in [0, 0.05) is 18.9 Å². The monoisotopic (exact) mass is 1040 g/mol. The van der Waals surface area contributed by atoms with Crippen molar-refractivity contribution in [2.75, 3.05) is 7.11 Å². The molecule has 3 heterocycles. The van der Waals surface area contributed by atoms with E-state index in [1.54, 1.807) is 0 Å². The van der Waals surface area contributed by atoms with Crippen LogP contribution in [-0.2, 0) is 47.2 Å². The summed E-state index contributed by atoms with van der Waals surface area (Å²) in [4.78, 5) is 28.3. The number of Topliss-reactive ketones (excluding diaryl/α,β-unsaturated/α-hetero) is 1. The van der Waals surface area contributed by atoms with E-state index >= 15 is 0 Å². The molecule has 417 valence electrons. The SMILES string of the molecule is CCC1O[C@@H](OC2[C@H](O[C@H]3CCC4(C)C5CC=C6C7CC(C)(C)CC[C@]7(C(C)=O)[C@H](OC)CC6(C)C5(C)CC[C@H]4C3(C)C=O)O[CH][C@H](C)[C@@H]2O[C@H]2O[C@@H](C)[C@@H](C)C(C)C2C)C(O[Si](CC)(CC)CC)[C@@H](C)[C@H]1C. The van der Waals surface area contributed by atoms with Crippen LogP contribution < -0.4 is 0 Å². The Balaban J connectivity index is 1.13. The largest absolute Gasteiger partial charge is 0.408 e. The number of carbonyl (C=O) groups is 2. The van der Waals surface area contributed by atoms with Gasteiger partial charge in [-0.15, -0.1) is 0 Å². The van der Waals surface area contributed by atoms with Gasteiger partial charge >= 0.3 is 0 Å². The molecule has 5 aliphatic carbocycles. The van der Waals surface area contributed by atoms with E-state index in [0.717, 1.165) is 75.9 Å². The summed E-state index contributed by atoms with van der Waals surface area (Å²) in [6.45, 7) is 43.1. The molecule has 7 fully saturated rings. The van der Waals surface area contributed by atoms with E-state index < -0.39 is 56.3 Å². The third kappa shape index (κ3) is 9.36. The number of ketones is 1. The zero-order valence-electron chi connectivity index (χ0n) is 49.5. The third-order valence-corrected chi connectivity index (χ3v) is 29.0. The zero-order chi connectivity index (χ0) is 53.6. The normalized spacial score (nSPS) is 50.9. The molecule has 0 aromatic heterocycles. The van der Waals surface area contributed by atoms with E-state index in [2.05, 4.69) is 124 Å². The molecular formula is C62H105O10Si. The Bertz CT molecular complexity index is 1980. The molecule has 11 heteroatoms. The summed E-state index contributed by atoms with van der Waals surface area (Å²) >= 11 is 0. The van der Waals surface area contributed by atoms with Gasteiger partial charge in [0.05, 0.1) is 54.1 Å². The van der Waals surface area contributed by atoms with Crippen molar-refractivity contribution in [2.45, 2.75) is 269 Å². The number of hydrogen-bond donors (Lipinski definition) is 0.